The van der Waals surface area contributed by atoms with E-state index in [0.717, 1.165) is 18.5 Å². The monoisotopic (exact) mass is 281 g/mol. The third kappa shape index (κ3) is 3.11. The molecular formula is C17H19N3O. The maximum absolute atomic E-state index is 12.4. The number of rotatable bonds is 3. The van der Waals surface area contributed by atoms with Crippen molar-refractivity contribution in [3.63, 3.8) is 0 Å². The first-order valence-electron chi connectivity index (χ1n) is 7.24. The van der Waals surface area contributed by atoms with Crippen molar-refractivity contribution in [3.8, 4) is 0 Å². The van der Waals surface area contributed by atoms with Crippen molar-refractivity contribution < 1.29 is 4.79 Å². The number of carbonyl (C=O) groups is 1. The summed E-state index contributed by atoms with van der Waals surface area (Å²) < 4.78 is 0. The molecule has 2 aromatic rings. The van der Waals surface area contributed by atoms with Crippen LogP contribution in [-0.4, -0.2) is 16.9 Å². The highest BCUT2D eigenvalue weighted by atomic mass is 16.2. The Balaban J connectivity index is 1.65. The fraction of sp³-hybridized carbons (Fsp3) is 0.294. The molecule has 4 heteroatoms. The minimum Gasteiger partial charge on any atom is -0.348 e. The van der Waals surface area contributed by atoms with Gasteiger partial charge in [0.05, 0.1) is 12.1 Å². The number of carbonyl (C=O) groups excluding carboxylic acids is 1. The van der Waals surface area contributed by atoms with Crippen molar-refractivity contribution >= 4 is 5.91 Å². The second-order valence-corrected chi connectivity index (χ2v) is 5.42. The number of pyridine rings is 1. The van der Waals surface area contributed by atoms with E-state index >= 15 is 0 Å². The Morgan fingerprint density at radius 3 is 2.86 bits per heavy atom. The van der Waals surface area contributed by atoms with E-state index in [1.807, 2.05) is 31.2 Å². The highest BCUT2D eigenvalue weighted by Crippen LogP contribution is 2.17. The Labute approximate surface area is 124 Å². The summed E-state index contributed by atoms with van der Waals surface area (Å²) in [6, 6.07) is 11.9. The highest BCUT2D eigenvalue weighted by Gasteiger charge is 2.24. The Bertz CT molecular complexity index is 627. The first kappa shape index (κ1) is 13.8. The van der Waals surface area contributed by atoms with Gasteiger partial charge in [0, 0.05) is 18.9 Å². The number of fused-ring (bicyclic) bond motifs is 1. The van der Waals surface area contributed by atoms with Crippen LogP contribution in [0.2, 0.25) is 0 Å². The van der Waals surface area contributed by atoms with E-state index in [9.17, 15) is 4.79 Å². The van der Waals surface area contributed by atoms with Crippen LogP contribution in [0.1, 0.15) is 29.7 Å². The fourth-order valence-electron chi connectivity index (χ4n) is 2.67. The molecule has 108 valence electrons. The molecule has 0 radical (unpaired) electrons. The van der Waals surface area contributed by atoms with Crippen molar-refractivity contribution in [2.75, 3.05) is 0 Å². The molecule has 1 aromatic heterocycles. The van der Waals surface area contributed by atoms with Gasteiger partial charge in [0.25, 0.3) is 0 Å². The molecule has 1 aliphatic rings. The molecule has 4 nitrogen and oxygen atoms in total. The van der Waals surface area contributed by atoms with Crippen LogP contribution in [-0.2, 0) is 17.8 Å². The molecule has 0 saturated carbocycles. The van der Waals surface area contributed by atoms with Crippen LogP contribution in [0.15, 0.2) is 48.8 Å². The summed E-state index contributed by atoms with van der Waals surface area (Å²) in [4.78, 5) is 16.5. The molecule has 2 heterocycles. The average molecular weight is 281 g/mol. The van der Waals surface area contributed by atoms with Crippen LogP contribution in [0.5, 0.6) is 0 Å². The number of amides is 1. The third-order valence-corrected chi connectivity index (χ3v) is 3.94. The zero-order chi connectivity index (χ0) is 14.7. The van der Waals surface area contributed by atoms with E-state index in [1.165, 1.54) is 11.1 Å². The van der Waals surface area contributed by atoms with Gasteiger partial charge in [-0.2, -0.15) is 0 Å². The smallest absolute Gasteiger partial charge is 0.237 e. The summed E-state index contributed by atoms with van der Waals surface area (Å²) in [7, 11) is 0. The molecule has 1 amide bonds. The lowest BCUT2D eigenvalue weighted by atomic mass is 9.95. The Morgan fingerprint density at radius 1 is 1.29 bits per heavy atom. The van der Waals surface area contributed by atoms with E-state index in [4.69, 9.17) is 0 Å². The second-order valence-electron chi connectivity index (χ2n) is 5.42. The van der Waals surface area contributed by atoms with Gasteiger partial charge in [-0.25, -0.2) is 0 Å². The van der Waals surface area contributed by atoms with Gasteiger partial charge >= 0.3 is 0 Å². The minimum atomic E-state index is -0.168. The van der Waals surface area contributed by atoms with Gasteiger partial charge in [0.1, 0.15) is 0 Å². The fourth-order valence-corrected chi connectivity index (χ4v) is 2.67. The summed E-state index contributed by atoms with van der Waals surface area (Å²) in [5, 5.41) is 6.36. The van der Waals surface area contributed by atoms with Crippen molar-refractivity contribution in [1.82, 2.24) is 15.6 Å². The van der Waals surface area contributed by atoms with Crippen LogP contribution in [0.3, 0.4) is 0 Å². The summed E-state index contributed by atoms with van der Waals surface area (Å²) in [5.41, 5.74) is 3.55. The van der Waals surface area contributed by atoms with E-state index < -0.39 is 0 Å². The molecule has 0 bridgehead atoms. The van der Waals surface area contributed by atoms with Crippen molar-refractivity contribution in [3.05, 3.63) is 65.5 Å². The van der Waals surface area contributed by atoms with Gasteiger partial charge in [-0.1, -0.05) is 30.3 Å². The summed E-state index contributed by atoms with van der Waals surface area (Å²) >= 11 is 0. The maximum atomic E-state index is 12.4. The molecule has 0 aliphatic carbocycles. The van der Waals surface area contributed by atoms with Gasteiger partial charge in [-0.05, 0) is 36.1 Å². The lowest BCUT2D eigenvalue weighted by Crippen LogP contribution is -2.48. The standard InChI is InChI=1S/C17H19N3O/c1-12(14-7-4-8-18-10-14)20-17(21)16-9-13-5-2-3-6-15(13)11-19-16/h2-8,10,12,16,19H,9,11H2,1H3,(H,20,21)/t12-,16?/m1/s1. The number of hydrogen-bond donors (Lipinski definition) is 2. The first-order valence-corrected chi connectivity index (χ1v) is 7.24. The molecule has 0 fully saturated rings. The summed E-state index contributed by atoms with van der Waals surface area (Å²) in [5.74, 6) is 0.0425. The van der Waals surface area contributed by atoms with Crippen LogP contribution >= 0.6 is 0 Å². The van der Waals surface area contributed by atoms with Crippen LogP contribution in [0.4, 0.5) is 0 Å². The van der Waals surface area contributed by atoms with Crippen molar-refractivity contribution in [1.29, 1.82) is 0 Å². The Hall–Kier alpha value is -2.20. The normalized spacial score (nSPS) is 18.6. The van der Waals surface area contributed by atoms with Gasteiger partial charge in [-0.3, -0.25) is 9.78 Å². The average Bonchev–Trinajstić information content (AvgIpc) is 2.55. The second kappa shape index (κ2) is 6.06. The molecule has 3 rings (SSSR count). The van der Waals surface area contributed by atoms with Crippen LogP contribution < -0.4 is 10.6 Å². The first-order chi connectivity index (χ1) is 10.2. The van der Waals surface area contributed by atoms with E-state index in [0.29, 0.717) is 0 Å². The van der Waals surface area contributed by atoms with Gasteiger partial charge in [0.15, 0.2) is 0 Å². The Kier molecular flexibility index (Phi) is 3.97. The van der Waals surface area contributed by atoms with Crippen molar-refractivity contribution in [2.45, 2.75) is 32.0 Å². The molecule has 1 aromatic carbocycles. The predicted octanol–water partition coefficient (Wildman–Crippen LogP) is 1.97. The summed E-state index contributed by atoms with van der Waals surface area (Å²) in [6.07, 6.45) is 4.26. The van der Waals surface area contributed by atoms with E-state index in [2.05, 4.69) is 27.8 Å². The van der Waals surface area contributed by atoms with E-state index in [1.54, 1.807) is 12.4 Å². The Morgan fingerprint density at radius 2 is 2.10 bits per heavy atom. The third-order valence-electron chi connectivity index (χ3n) is 3.94. The molecular weight excluding hydrogens is 262 g/mol. The number of nitrogens with one attached hydrogen (secondary N) is 2. The lowest BCUT2D eigenvalue weighted by molar-refractivity contribution is -0.124. The molecule has 2 atom stereocenters. The summed E-state index contributed by atoms with van der Waals surface area (Å²) in [6.45, 7) is 2.72. The molecule has 2 N–H and O–H groups in total. The SMILES string of the molecule is C[C@@H](NC(=O)C1Cc2ccccc2CN1)c1cccnc1. The number of hydrogen-bond acceptors (Lipinski definition) is 3. The number of aromatic nitrogens is 1. The van der Waals surface area contributed by atoms with Gasteiger partial charge in [0.2, 0.25) is 5.91 Å². The highest BCUT2D eigenvalue weighted by molar-refractivity contribution is 5.82. The van der Waals surface area contributed by atoms with E-state index in [-0.39, 0.29) is 18.0 Å². The number of nitrogens with zero attached hydrogens (tertiary/aromatic N) is 1. The molecule has 0 spiro atoms. The molecule has 0 saturated heterocycles. The van der Waals surface area contributed by atoms with Crippen molar-refractivity contribution in [2.24, 2.45) is 0 Å². The van der Waals surface area contributed by atoms with Crippen LogP contribution in [0, 0.1) is 0 Å². The number of benzene rings is 1. The largest absolute Gasteiger partial charge is 0.348 e. The van der Waals surface area contributed by atoms with Gasteiger partial charge < -0.3 is 10.6 Å². The molecule has 21 heavy (non-hydrogen) atoms. The zero-order valence-corrected chi connectivity index (χ0v) is 12.0. The minimum absolute atomic E-state index is 0.0369. The van der Waals surface area contributed by atoms with Gasteiger partial charge in [-0.15, -0.1) is 0 Å². The molecule has 1 aliphatic heterocycles. The lowest BCUT2D eigenvalue weighted by Gasteiger charge is -2.26. The predicted molar refractivity (Wildman–Crippen MR) is 81.6 cm³/mol. The topological polar surface area (TPSA) is 54.0 Å². The maximum Gasteiger partial charge on any atom is 0.237 e. The molecule has 1 unspecified atom stereocenters. The zero-order valence-electron chi connectivity index (χ0n) is 12.0. The van der Waals surface area contributed by atoms with Crippen LogP contribution in [0.25, 0.3) is 0 Å². The quantitative estimate of drug-likeness (QED) is 0.904.